The largest absolute Gasteiger partial charge is 0.481 e. The molecule has 1 aliphatic heterocycles. The zero-order chi connectivity index (χ0) is 15.4. The number of hydrogen-bond donors (Lipinski definition) is 2. The van der Waals surface area contributed by atoms with Gasteiger partial charge in [0.25, 0.3) is 0 Å². The Hall–Kier alpha value is -0.910. The molecule has 0 bridgehead atoms. The van der Waals surface area contributed by atoms with E-state index in [0.717, 1.165) is 36.7 Å². The summed E-state index contributed by atoms with van der Waals surface area (Å²) in [5, 5.41) is 12.1. The van der Waals surface area contributed by atoms with Crippen molar-refractivity contribution in [1.29, 1.82) is 0 Å². The van der Waals surface area contributed by atoms with Gasteiger partial charge in [-0.2, -0.15) is 11.8 Å². The van der Waals surface area contributed by atoms with Crippen LogP contribution < -0.4 is 5.32 Å². The van der Waals surface area contributed by atoms with E-state index in [1.807, 2.05) is 0 Å². The predicted octanol–water partition coefficient (Wildman–Crippen LogP) is 2.41. The van der Waals surface area contributed by atoms with Gasteiger partial charge in [-0.1, -0.05) is 13.8 Å². The molecule has 4 unspecified atom stereocenters. The number of carbonyl (C=O) groups excluding carboxylic acids is 1. The lowest BCUT2D eigenvalue weighted by Crippen LogP contribution is -2.54. The minimum atomic E-state index is -0.833. The Kier molecular flexibility index (Phi) is 5.79. The number of nitrogens with one attached hydrogen (secondary N) is 1. The highest BCUT2D eigenvalue weighted by Gasteiger charge is 2.31. The third-order valence-electron chi connectivity index (χ3n) is 4.82. The van der Waals surface area contributed by atoms with Crippen LogP contribution in [0, 0.1) is 11.8 Å². The minimum absolute atomic E-state index is 0.0402. The van der Waals surface area contributed by atoms with Crippen LogP contribution >= 0.6 is 11.8 Å². The van der Waals surface area contributed by atoms with Crippen LogP contribution in [0.25, 0.3) is 0 Å². The average Bonchev–Trinajstić information content (AvgIpc) is 2.43. The summed E-state index contributed by atoms with van der Waals surface area (Å²) in [7, 11) is 0. The molecule has 1 saturated heterocycles. The minimum Gasteiger partial charge on any atom is -0.481 e. The van der Waals surface area contributed by atoms with E-state index < -0.39 is 5.97 Å². The van der Waals surface area contributed by atoms with Gasteiger partial charge >= 0.3 is 12.0 Å². The molecule has 1 heterocycles. The number of nitrogens with zero attached hydrogens (tertiary/aromatic N) is 1. The molecule has 2 amide bonds. The summed E-state index contributed by atoms with van der Waals surface area (Å²) < 4.78 is 0. The third-order valence-corrected chi connectivity index (χ3v) is 5.92. The Bertz CT molecular complexity index is 391. The van der Waals surface area contributed by atoms with E-state index in [1.165, 1.54) is 0 Å². The molecular weight excluding hydrogens is 288 g/mol. The molecule has 0 aromatic carbocycles. The van der Waals surface area contributed by atoms with Crippen molar-refractivity contribution in [2.75, 3.05) is 18.1 Å². The number of carboxylic acids is 1. The number of carbonyl (C=O) groups is 2. The molecule has 2 fully saturated rings. The topological polar surface area (TPSA) is 69.6 Å². The summed E-state index contributed by atoms with van der Waals surface area (Å²) in [4.78, 5) is 25.1. The van der Waals surface area contributed by atoms with Gasteiger partial charge in [-0.15, -0.1) is 0 Å². The van der Waals surface area contributed by atoms with E-state index in [1.54, 1.807) is 16.7 Å². The van der Waals surface area contributed by atoms with Gasteiger partial charge in [0.1, 0.15) is 0 Å². The van der Waals surface area contributed by atoms with Crippen molar-refractivity contribution in [3.05, 3.63) is 0 Å². The molecule has 1 saturated carbocycles. The van der Waals surface area contributed by atoms with Gasteiger partial charge in [-0.25, -0.2) is 4.79 Å². The van der Waals surface area contributed by atoms with Crippen LogP contribution in [0.4, 0.5) is 4.79 Å². The van der Waals surface area contributed by atoms with Crippen LogP contribution in [0.2, 0.25) is 0 Å². The lowest BCUT2D eigenvalue weighted by atomic mass is 9.79. The molecule has 0 radical (unpaired) electrons. The number of thioether (sulfide) groups is 1. The summed E-state index contributed by atoms with van der Waals surface area (Å²) in [6, 6.07) is -0.0155. The monoisotopic (exact) mass is 314 g/mol. The van der Waals surface area contributed by atoms with Crippen LogP contribution in [0.15, 0.2) is 0 Å². The summed E-state index contributed by atoms with van der Waals surface area (Å²) in [5.41, 5.74) is 0. The molecule has 2 rings (SSSR count). The van der Waals surface area contributed by atoms with E-state index in [-0.39, 0.29) is 24.5 Å². The number of carboxylic acid groups (broad SMARTS) is 1. The van der Waals surface area contributed by atoms with E-state index in [0.29, 0.717) is 12.5 Å². The lowest BCUT2D eigenvalue weighted by Gasteiger charge is -2.38. The lowest BCUT2D eigenvalue weighted by molar-refractivity contribution is -0.138. The highest BCUT2D eigenvalue weighted by molar-refractivity contribution is 7.99. The Balaban J connectivity index is 1.90. The summed E-state index contributed by atoms with van der Waals surface area (Å²) in [5.74, 6) is 2.14. The first-order valence-corrected chi connectivity index (χ1v) is 8.99. The van der Waals surface area contributed by atoms with Gasteiger partial charge in [-0.3, -0.25) is 4.79 Å². The van der Waals surface area contributed by atoms with Crippen molar-refractivity contribution in [1.82, 2.24) is 10.2 Å². The molecule has 2 N–H and O–H groups in total. The fraction of sp³-hybridized carbons (Fsp3) is 0.867. The first kappa shape index (κ1) is 16.5. The van der Waals surface area contributed by atoms with E-state index in [9.17, 15) is 9.59 Å². The summed E-state index contributed by atoms with van der Waals surface area (Å²) >= 11 is 1.73. The van der Waals surface area contributed by atoms with Crippen molar-refractivity contribution in [3.8, 4) is 0 Å². The number of urea groups is 1. The van der Waals surface area contributed by atoms with Crippen LogP contribution in [-0.2, 0) is 4.79 Å². The van der Waals surface area contributed by atoms with Crippen molar-refractivity contribution < 1.29 is 14.7 Å². The van der Waals surface area contributed by atoms with Crippen molar-refractivity contribution in [2.24, 2.45) is 11.8 Å². The van der Waals surface area contributed by atoms with E-state index in [2.05, 4.69) is 19.2 Å². The maximum Gasteiger partial charge on any atom is 0.317 e. The Morgan fingerprint density at radius 2 is 2.05 bits per heavy atom. The summed E-state index contributed by atoms with van der Waals surface area (Å²) in [6.45, 7) is 5.16. The first-order valence-electron chi connectivity index (χ1n) is 7.84. The van der Waals surface area contributed by atoms with Gasteiger partial charge in [0.05, 0.1) is 12.5 Å². The predicted molar refractivity (Wildman–Crippen MR) is 84.6 cm³/mol. The van der Waals surface area contributed by atoms with Crippen LogP contribution in [0.1, 0.15) is 39.5 Å². The van der Waals surface area contributed by atoms with Crippen molar-refractivity contribution in [2.45, 2.75) is 51.6 Å². The molecule has 0 spiro atoms. The number of rotatable bonds is 3. The zero-order valence-corrected chi connectivity index (χ0v) is 13.7. The van der Waals surface area contributed by atoms with Gasteiger partial charge in [-0.05, 0) is 31.1 Å². The van der Waals surface area contributed by atoms with Crippen LogP contribution in [0.5, 0.6) is 0 Å². The molecular formula is C15H26N2O3S. The maximum atomic E-state index is 12.5. The quantitative estimate of drug-likeness (QED) is 0.839. The highest BCUT2D eigenvalue weighted by atomic mass is 32.2. The normalized spacial score (nSPS) is 33.5. The average molecular weight is 314 g/mol. The van der Waals surface area contributed by atoms with E-state index >= 15 is 0 Å². The second-order valence-electron chi connectivity index (χ2n) is 6.43. The fourth-order valence-corrected chi connectivity index (χ4v) is 4.29. The third kappa shape index (κ3) is 4.53. The molecule has 0 aromatic heterocycles. The number of amides is 2. The van der Waals surface area contributed by atoms with Crippen LogP contribution in [-0.4, -0.2) is 52.1 Å². The van der Waals surface area contributed by atoms with E-state index in [4.69, 9.17) is 5.11 Å². The molecule has 6 heteroatoms. The second-order valence-corrected chi connectivity index (χ2v) is 7.58. The first-order chi connectivity index (χ1) is 9.97. The van der Waals surface area contributed by atoms with Crippen molar-refractivity contribution >= 4 is 23.8 Å². The maximum absolute atomic E-state index is 12.5. The summed E-state index contributed by atoms with van der Waals surface area (Å²) in [6.07, 6.45) is 3.25. The number of hydrogen-bond acceptors (Lipinski definition) is 3. The van der Waals surface area contributed by atoms with Gasteiger partial charge in [0.15, 0.2) is 0 Å². The Morgan fingerprint density at radius 1 is 1.29 bits per heavy atom. The molecule has 21 heavy (non-hydrogen) atoms. The molecule has 1 aliphatic carbocycles. The van der Waals surface area contributed by atoms with Gasteiger partial charge < -0.3 is 15.3 Å². The molecule has 4 atom stereocenters. The van der Waals surface area contributed by atoms with Gasteiger partial charge in [0, 0.05) is 24.1 Å². The molecule has 2 aliphatic rings. The Morgan fingerprint density at radius 3 is 2.71 bits per heavy atom. The van der Waals surface area contributed by atoms with Crippen LogP contribution in [0.3, 0.4) is 0 Å². The zero-order valence-electron chi connectivity index (χ0n) is 12.9. The molecule has 0 aromatic rings. The fourth-order valence-electron chi connectivity index (χ4n) is 3.23. The van der Waals surface area contributed by atoms with Crippen molar-refractivity contribution in [3.63, 3.8) is 0 Å². The standard InChI is InChI=1S/C15H26N2O3S/c1-10-3-4-12(7-11(10)2)16-15(20)17-5-6-21-9-13(17)8-14(18)19/h10-13H,3-9H2,1-2H3,(H,16,20)(H,18,19). The Labute approximate surface area is 130 Å². The highest BCUT2D eigenvalue weighted by Crippen LogP contribution is 2.29. The SMILES string of the molecule is CC1CCC(NC(=O)N2CCSCC2CC(=O)O)CC1C. The number of aliphatic carboxylic acids is 1. The molecule has 120 valence electrons. The van der Waals surface area contributed by atoms with Gasteiger partial charge in [0.2, 0.25) is 0 Å². The second kappa shape index (κ2) is 7.38. The molecule has 5 nitrogen and oxygen atoms in total. The smallest absolute Gasteiger partial charge is 0.317 e.